The van der Waals surface area contributed by atoms with E-state index >= 15 is 0 Å². The van der Waals surface area contributed by atoms with Crippen molar-refractivity contribution in [2.24, 2.45) is 5.73 Å². The van der Waals surface area contributed by atoms with Crippen molar-refractivity contribution in [2.45, 2.75) is 6.92 Å². The predicted molar refractivity (Wildman–Crippen MR) is 107 cm³/mol. The normalized spacial score (nSPS) is 9.97. The first-order chi connectivity index (χ1) is 14.3. The van der Waals surface area contributed by atoms with Crippen LogP contribution in [0.5, 0.6) is 28.7 Å². The minimum atomic E-state index is -0.791. The topological polar surface area (TPSA) is 130 Å². The molecule has 30 heavy (non-hydrogen) atoms. The Morgan fingerprint density at radius 2 is 1.67 bits per heavy atom. The molecule has 0 spiro atoms. The largest absolute Gasteiger partial charge is 0.493 e. The maximum Gasteiger partial charge on any atom is 0.343 e. The van der Waals surface area contributed by atoms with E-state index in [-0.39, 0.29) is 51.5 Å². The van der Waals surface area contributed by atoms with Crippen LogP contribution < -0.4 is 29.4 Å². The van der Waals surface area contributed by atoms with Crippen LogP contribution >= 0.6 is 11.6 Å². The summed E-state index contributed by atoms with van der Waals surface area (Å²) in [5, 5.41) is 9.12. The third-order valence-electron chi connectivity index (χ3n) is 3.69. The Bertz CT molecular complexity index is 976. The van der Waals surface area contributed by atoms with Crippen LogP contribution in [0.4, 0.5) is 0 Å². The lowest BCUT2D eigenvalue weighted by atomic mass is 10.1. The van der Waals surface area contributed by atoms with E-state index in [4.69, 9.17) is 46.3 Å². The van der Waals surface area contributed by atoms with Crippen molar-refractivity contribution in [3.8, 4) is 34.8 Å². The van der Waals surface area contributed by atoms with E-state index in [1.807, 2.05) is 6.07 Å². The first-order valence-corrected chi connectivity index (χ1v) is 8.98. The summed E-state index contributed by atoms with van der Waals surface area (Å²) in [5.41, 5.74) is 5.40. The Morgan fingerprint density at radius 1 is 1.03 bits per heavy atom. The van der Waals surface area contributed by atoms with E-state index in [1.54, 1.807) is 6.92 Å². The van der Waals surface area contributed by atoms with Crippen LogP contribution in [0.25, 0.3) is 0 Å². The first kappa shape index (κ1) is 22.6. The van der Waals surface area contributed by atoms with Crippen molar-refractivity contribution in [1.82, 2.24) is 0 Å². The standard InChI is InChI=1S/C20H19ClN2O7/c1-4-28-16-6-11(9-22)5-13(21)18(16)30-20(25)12-7-14(26-2)19(15(8-12)27-3)29-10-17(23)24/h5-8H,4,10H2,1-3H3,(H2,23,24). The molecule has 10 heteroatoms. The summed E-state index contributed by atoms with van der Waals surface area (Å²) >= 11 is 6.17. The smallest absolute Gasteiger partial charge is 0.343 e. The van der Waals surface area contributed by atoms with E-state index < -0.39 is 18.5 Å². The fraction of sp³-hybridized carbons (Fsp3) is 0.250. The number of carbonyl (C=O) groups is 2. The molecular weight excluding hydrogens is 416 g/mol. The third-order valence-corrected chi connectivity index (χ3v) is 3.97. The number of hydrogen-bond donors (Lipinski definition) is 1. The summed E-state index contributed by atoms with van der Waals surface area (Å²) in [4.78, 5) is 23.8. The number of hydrogen-bond acceptors (Lipinski definition) is 8. The zero-order valence-corrected chi connectivity index (χ0v) is 17.2. The quantitative estimate of drug-likeness (QED) is 0.471. The molecule has 0 aliphatic heterocycles. The highest BCUT2D eigenvalue weighted by atomic mass is 35.5. The zero-order valence-electron chi connectivity index (χ0n) is 16.5. The molecule has 2 aromatic carbocycles. The van der Waals surface area contributed by atoms with Gasteiger partial charge in [-0.2, -0.15) is 5.26 Å². The SMILES string of the molecule is CCOc1cc(C#N)cc(Cl)c1OC(=O)c1cc(OC)c(OCC(N)=O)c(OC)c1. The number of amides is 1. The Morgan fingerprint density at radius 3 is 2.17 bits per heavy atom. The molecule has 0 saturated carbocycles. The lowest BCUT2D eigenvalue weighted by molar-refractivity contribution is -0.120. The highest BCUT2D eigenvalue weighted by molar-refractivity contribution is 6.32. The summed E-state index contributed by atoms with van der Waals surface area (Å²) in [5.74, 6) is -1.02. The molecule has 0 unspecified atom stereocenters. The molecular formula is C20H19ClN2O7. The molecule has 0 heterocycles. The number of carbonyl (C=O) groups excluding carboxylic acids is 2. The van der Waals surface area contributed by atoms with Crippen molar-refractivity contribution in [1.29, 1.82) is 5.26 Å². The molecule has 2 aromatic rings. The fourth-order valence-electron chi connectivity index (χ4n) is 2.43. The van der Waals surface area contributed by atoms with Gasteiger partial charge in [-0.15, -0.1) is 0 Å². The minimum Gasteiger partial charge on any atom is -0.493 e. The van der Waals surface area contributed by atoms with Gasteiger partial charge in [0.05, 0.1) is 43.0 Å². The number of nitrogens with two attached hydrogens (primary N) is 1. The average molecular weight is 435 g/mol. The van der Waals surface area contributed by atoms with Crippen LogP contribution in [0, 0.1) is 11.3 Å². The molecule has 0 aliphatic carbocycles. The van der Waals surface area contributed by atoms with Gasteiger partial charge >= 0.3 is 5.97 Å². The molecule has 9 nitrogen and oxygen atoms in total. The molecule has 0 aliphatic rings. The number of esters is 1. The Balaban J connectivity index is 2.42. The van der Waals surface area contributed by atoms with E-state index in [9.17, 15) is 9.59 Å². The molecule has 0 saturated heterocycles. The van der Waals surface area contributed by atoms with Crippen LogP contribution in [-0.2, 0) is 4.79 Å². The van der Waals surface area contributed by atoms with Gasteiger partial charge in [-0.25, -0.2) is 4.79 Å². The molecule has 2 N–H and O–H groups in total. The van der Waals surface area contributed by atoms with Gasteiger partial charge in [-0.05, 0) is 25.1 Å². The number of nitrogens with zero attached hydrogens (tertiary/aromatic N) is 1. The number of halogens is 1. The Hall–Kier alpha value is -3.64. The summed E-state index contributed by atoms with van der Waals surface area (Å²) in [6.45, 7) is 1.59. The molecule has 1 amide bonds. The van der Waals surface area contributed by atoms with Crippen LogP contribution in [0.3, 0.4) is 0 Å². The third kappa shape index (κ3) is 5.24. The lowest BCUT2D eigenvalue weighted by Crippen LogP contribution is -2.20. The van der Waals surface area contributed by atoms with Gasteiger partial charge in [0, 0.05) is 6.07 Å². The summed E-state index contributed by atoms with van der Waals surface area (Å²) in [7, 11) is 2.71. The van der Waals surface area contributed by atoms with E-state index in [0.29, 0.717) is 0 Å². The van der Waals surface area contributed by atoms with E-state index in [0.717, 1.165) is 0 Å². The molecule has 0 bridgehead atoms. The number of primary amides is 1. The van der Waals surface area contributed by atoms with Crippen LogP contribution in [0.2, 0.25) is 5.02 Å². The van der Waals surface area contributed by atoms with Gasteiger partial charge in [0.1, 0.15) is 0 Å². The zero-order chi connectivity index (χ0) is 22.3. The van der Waals surface area contributed by atoms with Gasteiger partial charge in [0.2, 0.25) is 5.75 Å². The highest BCUT2D eigenvalue weighted by Crippen LogP contribution is 2.40. The van der Waals surface area contributed by atoms with E-state index in [2.05, 4.69) is 0 Å². The number of methoxy groups -OCH3 is 2. The predicted octanol–water partition coefficient (Wildman–Crippen LogP) is 2.71. The van der Waals surface area contributed by atoms with Crippen molar-refractivity contribution in [3.63, 3.8) is 0 Å². The molecule has 158 valence electrons. The van der Waals surface area contributed by atoms with Gasteiger partial charge in [0.15, 0.2) is 29.6 Å². The summed E-state index contributed by atoms with van der Waals surface area (Å²) in [6, 6.07) is 7.42. The lowest BCUT2D eigenvalue weighted by Gasteiger charge is -2.16. The maximum absolute atomic E-state index is 12.8. The molecule has 2 rings (SSSR count). The van der Waals surface area contributed by atoms with Crippen LogP contribution in [0.1, 0.15) is 22.8 Å². The summed E-state index contributed by atoms with van der Waals surface area (Å²) in [6.07, 6.45) is 0. The molecule has 0 radical (unpaired) electrons. The molecule has 0 fully saturated rings. The first-order valence-electron chi connectivity index (χ1n) is 8.60. The van der Waals surface area contributed by atoms with Gasteiger partial charge in [0.25, 0.3) is 5.91 Å². The second-order valence-corrected chi connectivity index (χ2v) is 6.09. The van der Waals surface area contributed by atoms with Crippen molar-refractivity contribution >= 4 is 23.5 Å². The van der Waals surface area contributed by atoms with Gasteiger partial charge in [-0.3, -0.25) is 4.79 Å². The van der Waals surface area contributed by atoms with E-state index in [1.165, 1.54) is 38.5 Å². The van der Waals surface area contributed by atoms with Gasteiger partial charge in [-0.1, -0.05) is 11.6 Å². The molecule has 0 atom stereocenters. The maximum atomic E-state index is 12.8. The second-order valence-electron chi connectivity index (χ2n) is 5.68. The van der Waals surface area contributed by atoms with Crippen molar-refractivity contribution in [3.05, 3.63) is 40.4 Å². The highest BCUT2D eigenvalue weighted by Gasteiger charge is 2.22. The van der Waals surface area contributed by atoms with Gasteiger partial charge < -0.3 is 29.4 Å². The van der Waals surface area contributed by atoms with Crippen LogP contribution in [0.15, 0.2) is 24.3 Å². The molecule has 0 aromatic heterocycles. The minimum absolute atomic E-state index is 0.0329. The van der Waals surface area contributed by atoms with Crippen LogP contribution in [-0.4, -0.2) is 39.3 Å². The number of rotatable bonds is 9. The Labute approximate surface area is 177 Å². The number of benzene rings is 2. The fourth-order valence-corrected chi connectivity index (χ4v) is 2.68. The summed E-state index contributed by atoms with van der Waals surface area (Å²) < 4.78 is 26.6. The van der Waals surface area contributed by atoms with Crippen molar-refractivity contribution in [2.75, 3.05) is 27.4 Å². The van der Waals surface area contributed by atoms with Crippen molar-refractivity contribution < 1.29 is 33.3 Å². The number of ether oxygens (including phenoxy) is 5. The monoisotopic (exact) mass is 434 g/mol. The number of nitriles is 1. The second kappa shape index (κ2) is 10.2. The Kier molecular flexibility index (Phi) is 7.72. The average Bonchev–Trinajstić information content (AvgIpc) is 2.73.